The average molecular weight is 287 g/mol. The van der Waals surface area contributed by atoms with Gasteiger partial charge in [0, 0.05) is 32.8 Å². The van der Waals surface area contributed by atoms with Crippen molar-refractivity contribution in [2.75, 3.05) is 13.2 Å². The van der Waals surface area contributed by atoms with Gasteiger partial charge in [-0.15, -0.1) is 0 Å². The lowest BCUT2D eigenvalue weighted by Crippen LogP contribution is -2.33. The van der Waals surface area contributed by atoms with Gasteiger partial charge in [-0.3, -0.25) is 9.48 Å². The molecule has 1 aromatic heterocycles. The van der Waals surface area contributed by atoms with E-state index in [1.54, 1.807) is 15.8 Å². The lowest BCUT2D eigenvalue weighted by Gasteiger charge is -2.21. The van der Waals surface area contributed by atoms with Gasteiger partial charge in [0.1, 0.15) is 0 Å². The van der Waals surface area contributed by atoms with Crippen LogP contribution in [0.4, 0.5) is 0 Å². The summed E-state index contributed by atoms with van der Waals surface area (Å²) in [4.78, 5) is 14.0. The highest BCUT2D eigenvalue weighted by Crippen LogP contribution is 2.08. The van der Waals surface area contributed by atoms with Crippen molar-refractivity contribution in [3.05, 3.63) is 53.9 Å². The summed E-state index contributed by atoms with van der Waals surface area (Å²) in [5.41, 5.74) is 2.12. The molecule has 0 fully saturated rings. The smallest absolute Gasteiger partial charge is 0.223 e. The fraction of sp³-hybridized carbons (Fsp3) is 0.375. The van der Waals surface area contributed by atoms with Gasteiger partial charge in [0.25, 0.3) is 0 Å². The molecule has 0 aliphatic heterocycles. The Bertz CT molecular complexity index is 566. The van der Waals surface area contributed by atoms with E-state index in [4.69, 9.17) is 5.11 Å². The van der Waals surface area contributed by atoms with Crippen LogP contribution in [0.15, 0.2) is 42.7 Å². The van der Waals surface area contributed by atoms with Crippen molar-refractivity contribution in [3.63, 3.8) is 0 Å². The first kappa shape index (κ1) is 15.3. The number of rotatable bonds is 7. The summed E-state index contributed by atoms with van der Waals surface area (Å²) in [6.07, 6.45) is 4.80. The van der Waals surface area contributed by atoms with Gasteiger partial charge in [-0.1, -0.05) is 30.3 Å². The lowest BCUT2D eigenvalue weighted by molar-refractivity contribution is -0.132. The first-order chi connectivity index (χ1) is 10.2. The lowest BCUT2D eigenvalue weighted by atomic mass is 10.1. The van der Waals surface area contributed by atoms with Crippen LogP contribution in [-0.2, 0) is 24.8 Å². The molecule has 21 heavy (non-hydrogen) atoms. The van der Waals surface area contributed by atoms with Crippen molar-refractivity contribution in [1.29, 1.82) is 0 Å². The SMILES string of the molecule is Cn1cc(CCC(=O)N(CCO)Cc2ccccc2)cn1. The molecule has 5 heteroatoms. The maximum atomic E-state index is 12.3. The third-order valence-electron chi connectivity index (χ3n) is 3.32. The van der Waals surface area contributed by atoms with Crippen LogP contribution in [0.25, 0.3) is 0 Å². The number of carbonyl (C=O) groups excluding carboxylic acids is 1. The van der Waals surface area contributed by atoms with Crippen LogP contribution in [0, 0.1) is 0 Å². The number of aromatic nitrogens is 2. The van der Waals surface area contributed by atoms with E-state index in [0.29, 0.717) is 25.9 Å². The summed E-state index contributed by atoms with van der Waals surface area (Å²) in [6.45, 7) is 0.875. The summed E-state index contributed by atoms with van der Waals surface area (Å²) < 4.78 is 1.73. The summed E-state index contributed by atoms with van der Waals surface area (Å²) >= 11 is 0. The summed E-state index contributed by atoms with van der Waals surface area (Å²) in [6, 6.07) is 9.82. The summed E-state index contributed by atoms with van der Waals surface area (Å²) in [5.74, 6) is 0.0526. The van der Waals surface area contributed by atoms with Gasteiger partial charge in [0.05, 0.1) is 12.8 Å². The molecule has 0 saturated carbocycles. The fourth-order valence-corrected chi connectivity index (χ4v) is 2.23. The Morgan fingerprint density at radius 3 is 2.67 bits per heavy atom. The maximum Gasteiger partial charge on any atom is 0.223 e. The van der Waals surface area contributed by atoms with E-state index in [0.717, 1.165) is 11.1 Å². The first-order valence-electron chi connectivity index (χ1n) is 7.09. The standard InChI is InChI=1S/C16H21N3O2/c1-18-12-15(11-17-18)7-8-16(21)19(9-10-20)13-14-5-3-2-4-6-14/h2-6,11-12,20H,7-10,13H2,1H3. The molecule has 112 valence electrons. The number of nitrogens with zero attached hydrogens (tertiary/aromatic N) is 3. The zero-order valence-electron chi connectivity index (χ0n) is 12.3. The molecule has 1 amide bonds. The van der Waals surface area contributed by atoms with E-state index < -0.39 is 0 Å². The molecule has 0 unspecified atom stereocenters. The second-order valence-electron chi connectivity index (χ2n) is 5.05. The second-order valence-corrected chi connectivity index (χ2v) is 5.05. The third-order valence-corrected chi connectivity index (χ3v) is 3.32. The molecule has 2 aromatic rings. The molecule has 0 radical (unpaired) electrons. The molecule has 5 nitrogen and oxygen atoms in total. The predicted octanol–water partition coefficient (Wildman–Crippen LogP) is 1.37. The van der Waals surface area contributed by atoms with Crippen molar-refractivity contribution in [1.82, 2.24) is 14.7 Å². The number of benzene rings is 1. The van der Waals surface area contributed by atoms with Gasteiger partial charge in [0.15, 0.2) is 0 Å². The average Bonchev–Trinajstić information content (AvgIpc) is 2.91. The summed E-state index contributed by atoms with van der Waals surface area (Å²) in [7, 11) is 1.86. The Labute approximate surface area is 124 Å². The molecular weight excluding hydrogens is 266 g/mol. The van der Waals surface area contributed by atoms with E-state index in [-0.39, 0.29) is 12.5 Å². The molecule has 0 aliphatic rings. The van der Waals surface area contributed by atoms with E-state index in [9.17, 15) is 4.79 Å². The zero-order chi connectivity index (χ0) is 15.1. The fourth-order valence-electron chi connectivity index (χ4n) is 2.23. The highest BCUT2D eigenvalue weighted by Gasteiger charge is 2.13. The van der Waals surface area contributed by atoms with Crippen LogP contribution in [0.3, 0.4) is 0 Å². The zero-order valence-corrected chi connectivity index (χ0v) is 12.3. The Morgan fingerprint density at radius 2 is 2.05 bits per heavy atom. The molecule has 1 N–H and O–H groups in total. The highest BCUT2D eigenvalue weighted by atomic mass is 16.3. The monoisotopic (exact) mass is 287 g/mol. The van der Waals surface area contributed by atoms with Crippen LogP contribution in [-0.4, -0.2) is 38.8 Å². The van der Waals surface area contributed by atoms with Crippen LogP contribution < -0.4 is 0 Å². The van der Waals surface area contributed by atoms with Gasteiger partial charge < -0.3 is 10.0 Å². The third kappa shape index (κ3) is 4.72. The van der Waals surface area contributed by atoms with E-state index in [1.165, 1.54) is 0 Å². The molecule has 0 bridgehead atoms. The van der Waals surface area contributed by atoms with Crippen LogP contribution in [0.2, 0.25) is 0 Å². The van der Waals surface area contributed by atoms with Crippen LogP contribution >= 0.6 is 0 Å². The van der Waals surface area contributed by atoms with Crippen molar-refractivity contribution in [2.45, 2.75) is 19.4 Å². The normalized spacial score (nSPS) is 10.6. The quantitative estimate of drug-likeness (QED) is 0.837. The first-order valence-corrected chi connectivity index (χ1v) is 7.09. The number of aryl methyl sites for hydroxylation is 2. The maximum absolute atomic E-state index is 12.3. The van der Waals surface area contributed by atoms with Gasteiger partial charge >= 0.3 is 0 Å². The number of aliphatic hydroxyl groups excluding tert-OH is 1. The minimum absolute atomic E-state index is 0.0224. The Hall–Kier alpha value is -2.14. The Morgan fingerprint density at radius 1 is 1.29 bits per heavy atom. The number of carbonyl (C=O) groups is 1. The van der Waals surface area contributed by atoms with E-state index in [1.807, 2.05) is 43.6 Å². The van der Waals surface area contributed by atoms with Crippen molar-refractivity contribution >= 4 is 5.91 Å². The molecule has 0 saturated heterocycles. The minimum Gasteiger partial charge on any atom is -0.395 e. The largest absolute Gasteiger partial charge is 0.395 e. The molecule has 1 aromatic carbocycles. The molecular formula is C16H21N3O2. The second kappa shape index (κ2) is 7.59. The predicted molar refractivity (Wildman–Crippen MR) is 80.5 cm³/mol. The number of amides is 1. The Balaban J connectivity index is 1.92. The number of aliphatic hydroxyl groups is 1. The molecule has 0 atom stereocenters. The van der Waals surface area contributed by atoms with Gasteiger partial charge in [0.2, 0.25) is 5.91 Å². The minimum atomic E-state index is -0.0224. The summed E-state index contributed by atoms with van der Waals surface area (Å²) in [5, 5.41) is 13.2. The molecule has 2 rings (SSSR count). The van der Waals surface area contributed by atoms with Gasteiger partial charge in [-0.05, 0) is 17.5 Å². The van der Waals surface area contributed by atoms with Crippen molar-refractivity contribution in [3.8, 4) is 0 Å². The Kier molecular flexibility index (Phi) is 5.51. The van der Waals surface area contributed by atoms with Crippen LogP contribution in [0.1, 0.15) is 17.5 Å². The highest BCUT2D eigenvalue weighted by molar-refractivity contribution is 5.76. The number of hydrogen-bond donors (Lipinski definition) is 1. The molecule has 0 spiro atoms. The molecule has 1 heterocycles. The van der Waals surface area contributed by atoms with Crippen molar-refractivity contribution in [2.24, 2.45) is 7.05 Å². The van der Waals surface area contributed by atoms with E-state index in [2.05, 4.69) is 5.10 Å². The van der Waals surface area contributed by atoms with Crippen LogP contribution in [0.5, 0.6) is 0 Å². The molecule has 0 aliphatic carbocycles. The van der Waals surface area contributed by atoms with Gasteiger partial charge in [-0.25, -0.2) is 0 Å². The van der Waals surface area contributed by atoms with Crippen molar-refractivity contribution < 1.29 is 9.90 Å². The topological polar surface area (TPSA) is 58.4 Å². The number of hydrogen-bond acceptors (Lipinski definition) is 3. The van der Waals surface area contributed by atoms with E-state index >= 15 is 0 Å². The van der Waals surface area contributed by atoms with Gasteiger partial charge in [-0.2, -0.15) is 5.10 Å².